The van der Waals surface area contributed by atoms with Gasteiger partial charge in [0, 0.05) is 0 Å². The highest BCUT2D eigenvalue weighted by molar-refractivity contribution is 5.93. The van der Waals surface area contributed by atoms with Crippen molar-refractivity contribution in [3.8, 4) is 0 Å². The number of rotatable bonds is 2. The summed E-state index contributed by atoms with van der Waals surface area (Å²) in [7, 11) is 0. The third-order valence-corrected chi connectivity index (χ3v) is 3.60. The van der Waals surface area contributed by atoms with Crippen molar-refractivity contribution in [3.05, 3.63) is 41.0 Å². The lowest BCUT2D eigenvalue weighted by molar-refractivity contribution is -0.143. The Labute approximate surface area is 102 Å². The second-order valence-electron chi connectivity index (χ2n) is 5.20. The maximum absolute atomic E-state index is 11.4. The fourth-order valence-electron chi connectivity index (χ4n) is 2.48. The summed E-state index contributed by atoms with van der Waals surface area (Å²) in [4.78, 5) is 11.4. The topological polar surface area (TPSA) is 37.3 Å². The Bertz CT molecular complexity index is 496. The number of aliphatic carboxylic acids is 1. The molecular weight excluding hydrogens is 212 g/mol. The summed E-state index contributed by atoms with van der Waals surface area (Å²) in [6.07, 6.45) is 4.03. The molecule has 2 heteroatoms. The monoisotopic (exact) mass is 230 g/mol. The van der Waals surface area contributed by atoms with E-state index in [9.17, 15) is 9.90 Å². The molecule has 0 unspecified atom stereocenters. The number of carboxylic acids is 1. The Morgan fingerprint density at radius 2 is 2.06 bits per heavy atom. The zero-order chi connectivity index (χ0) is 12.6. The number of aryl methyl sites for hydroxylation is 2. The van der Waals surface area contributed by atoms with Gasteiger partial charge < -0.3 is 5.11 Å². The Morgan fingerprint density at radius 3 is 2.71 bits per heavy atom. The quantitative estimate of drug-likeness (QED) is 0.845. The van der Waals surface area contributed by atoms with E-state index in [4.69, 9.17) is 0 Å². The number of hydrogen-bond acceptors (Lipinski definition) is 1. The van der Waals surface area contributed by atoms with E-state index in [1.54, 1.807) is 13.8 Å². The highest BCUT2D eigenvalue weighted by Gasteiger charge is 2.35. The zero-order valence-electron chi connectivity index (χ0n) is 10.6. The van der Waals surface area contributed by atoms with Crippen molar-refractivity contribution in [2.24, 2.45) is 5.41 Å². The van der Waals surface area contributed by atoms with Crippen LogP contribution < -0.4 is 0 Å². The molecule has 2 nitrogen and oxygen atoms in total. The average molecular weight is 230 g/mol. The van der Waals surface area contributed by atoms with Crippen LogP contribution in [0.25, 0.3) is 5.57 Å². The van der Waals surface area contributed by atoms with Gasteiger partial charge in [0.25, 0.3) is 0 Å². The van der Waals surface area contributed by atoms with Gasteiger partial charge in [-0.3, -0.25) is 4.79 Å². The summed E-state index contributed by atoms with van der Waals surface area (Å²) in [6, 6.07) is 6.20. The molecule has 17 heavy (non-hydrogen) atoms. The highest BCUT2D eigenvalue weighted by Crippen LogP contribution is 2.41. The first-order valence-electron chi connectivity index (χ1n) is 5.97. The van der Waals surface area contributed by atoms with Crippen molar-refractivity contribution in [1.82, 2.24) is 0 Å². The number of carboxylic acid groups (broad SMARTS) is 1. The van der Waals surface area contributed by atoms with Gasteiger partial charge in [-0.15, -0.1) is 0 Å². The fraction of sp³-hybridized carbons (Fsp3) is 0.400. The van der Waals surface area contributed by atoms with E-state index in [0.717, 1.165) is 24.0 Å². The number of hydrogen-bond donors (Lipinski definition) is 1. The largest absolute Gasteiger partial charge is 0.481 e. The van der Waals surface area contributed by atoms with E-state index in [1.165, 1.54) is 11.1 Å². The molecule has 1 N–H and O–H groups in total. The molecule has 90 valence electrons. The van der Waals surface area contributed by atoms with Crippen LogP contribution in [-0.4, -0.2) is 11.1 Å². The number of carbonyl (C=O) groups is 1. The van der Waals surface area contributed by atoms with Crippen molar-refractivity contribution in [3.63, 3.8) is 0 Å². The molecule has 1 aromatic carbocycles. The Morgan fingerprint density at radius 1 is 1.35 bits per heavy atom. The average Bonchev–Trinajstić information content (AvgIpc) is 2.28. The molecule has 0 amide bonds. The van der Waals surface area contributed by atoms with Crippen LogP contribution in [0.5, 0.6) is 0 Å². The lowest BCUT2D eigenvalue weighted by Crippen LogP contribution is -2.27. The predicted molar refractivity (Wildman–Crippen MR) is 68.9 cm³/mol. The standard InChI is InChI=1S/C15H18O2/c1-10-6-4-7-11-8-5-9-12(13(10)11)15(2,3)14(16)17/h4,6-7,9H,5,8H2,1-3H3,(H,16,17). The summed E-state index contributed by atoms with van der Waals surface area (Å²) in [5.74, 6) is -0.764. The minimum absolute atomic E-state index is 0.764. The summed E-state index contributed by atoms with van der Waals surface area (Å²) < 4.78 is 0. The predicted octanol–water partition coefficient (Wildman–Crippen LogP) is 3.44. The summed E-state index contributed by atoms with van der Waals surface area (Å²) in [5, 5.41) is 9.37. The summed E-state index contributed by atoms with van der Waals surface area (Å²) in [6.45, 7) is 5.61. The molecule has 0 radical (unpaired) electrons. The highest BCUT2D eigenvalue weighted by atomic mass is 16.4. The van der Waals surface area contributed by atoms with Gasteiger partial charge >= 0.3 is 5.97 Å². The van der Waals surface area contributed by atoms with Crippen LogP contribution >= 0.6 is 0 Å². The maximum Gasteiger partial charge on any atom is 0.313 e. The smallest absolute Gasteiger partial charge is 0.313 e. The minimum atomic E-state index is -0.818. The maximum atomic E-state index is 11.4. The number of allylic oxidation sites excluding steroid dienone is 1. The third kappa shape index (κ3) is 1.88. The Balaban J connectivity index is 2.60. The van der Waals surface area contributed by atoms with E-state index >= 15 is 0 Å². The number of benzene rings is 1. The molecule has 2 rings (SSSR count). The zero-order valence-corrected chi connectivity index (χ0v) is 10.6. The van der Waals surface area contributed by atoms with Gasteiger partial charge in [0.05, 0.1) is 5.41 Å². The van der Waals surface area contributed by atoms with Gasteiger partial charge in [-0.25, -0.2) is 0 Å². The molecule has 0 saturated carbocycles. The molecule has 0 saturated heterocycles. The molecule has 1 aliphatic rings. The molecule has 0 bridgehead atoms. The molecule has 1 aromatic rings. The van der Waals surface area contributed by atoms with Crippen LogP contribution in [-0.2, 0) is 11.2 Å². The summed E-state index contributed by atoms with van der Waals surface area (Å²) >= 11 is 0. The lowest BCUT2D eigenvalue weighted by Gasteiger charge is -2.29. The van der Waals surface area contributed by atoms with Crippen LogP contribution in [0.2, 0.25) is 0 Å². The lowest BCUT2D eigenvalue weighted by atomic mass is 9.74. The van der Waals surface area contributed by atoms with E-state index in [2.05, 4.69) is 25.1 Å². The first-order chi connectivity index (χ1) is 7.94. The first-order valence-corrected chi connectivity index (χ1v) is 5.97. The summed E-state index contributed by atoms with van der Waals surface area (Å²) in [5.41, 5.74) is 3.73. The van der Waals surface area contributed by atoms with Gasteiger partial charge in [0.15, 0.2) is 0 Å². The molecule has 0 atom stereocenters. The molecule has 1 aliphatic carbocycles. The first kappa shape index (κ1) is 11.9. The van der Waals surface area contributed by atoms with Crippen molar-refractivity contribution in [1.29, 1.82) is 0 Å². The third-order valence-electron chi connectivity index (χ3n) is 3.60. The van der Waals surface area contributed by atoms with Crippen LogP contribution in [0.3, 0.4) is 0 Å². The molecule has 0 fully saturated rings. The van der Waals surface area contributed by atoms with E-state index in [1.807, 2.05) is 6.07 Å². The SMILES string of the molecule is Cc1cccc2c1C(C(C)(C)C(=O)O)=CCC2. The molecule has 0 aromatic heterocycles. The van der Waals surface area contributed by atoms with Crippen LogP contribution in [0.1, 0.15) is 37.0 Å². The van der Waals surface area contributed by atoms with Crippen molar-refractivity contribution >= 4 is 11.5 Å². The molecule has 0 aliphatic heterocycles. The van der Waals surface area contributed by atoms with Gasteiger partial charge in [-0.05, 0) is 55.9 Å². The van der Waals surface area contributed by atoms with Gasteiger partial charge in [0.1, 0.15) is 0 Å². The molecular formula is C15H18O2. The van der Waals surface area contributed by atoms with Gasteiger partial charge in [-0.2, -0.15) is 0 Å². The second kappa shape index (κ2) is 4.02. The van der Waals surface area contributed by atoms with Crippen LogP contribution in [0.4, 0.5) is 0 Å². The number of fused-ring (bicyclic) bond motifs is 1. The van der Waals surface area contributed by atoms with Crippen LogP contribution in [0.15, 0.2) is 24.3 Å². The molecule has 0 heterocycles. The van der Waals surface area contributed by atoms with E-state index < -0.39 is 11.4 Å². The minimum Gasteiger partial charge on any atom is -0.481 e. The van der Waals surface area contributed by atoms with Crippen molar-refractivity contribution in [2.45, 2.75) is 33.6 Å². The Hall–Kier alpha value is -1.57. The second-order valence-corrected chi connectivity index (χ2v) is 5.20. The normalized spacial score (nSPS) is 15.1. The van der Waals surface area contributed by atoms with Gasteiger partial charge in [-0.1, -0.05) is 24.3 Å². The fourth-order valence-corrected chi connectivity index (χ4v) is 2.48. The van der Waals surface area contributed by atoms with Gasteiger partial charge in [0.2, 0.25) is 0 Å². The van der Waals surface area contributed by atoms with Crippen LogP contribution in [0, 0.1) is 12.3 Å². The van der Waals surface area contributed by atoms with E-state index in [-0.39, 0.29) is 0 Å². The van der Waals surface area contributed by atoms with Crippen molar-refractivity contribution < 1.29 is 9.90 Å². The molecule has 0 spiro atoms. The van der Waals surface area contributed by atoms with Crippen molar-refractivity contribution in [2.75, 3.05) is 0 Å². The van der Waals surface area contributed by atoms with E-state index in [0.29, 0.717) is 0 Å². The Kier molecular flexibility index (Phi) is 2.82.